The Hall–Kier alpha value is -1.00. The Bertz CT molecular complexity index is 493. The average molecular weight is 268 g/mol. The van der Waals surface area contributed by atoms with Gasteiger partial charge in [0.1, 0.15) is 5.82 Å². The summed E-state index contributed by atoms with van der Waals surface area (Å²) in [5, 5.41) is 10.0. The molecule has 0 aliphatic heterocycles. The molecule has 3 nitrogen and oxygen atoms in total. The fraction of sp³-hybridized carbons (Fsp3) is 0.333. The lowest BCUT2D eigenvalue weighted by Gasteiger charge is -2.02. The molecule has 0 N–H and O–H groups in total. The second kappa shape index (κ2) is 5.56. The van der Waals surface area contributed by atoms with Gasteiger partial charge in [-0.1, -0.05) is 42.4 Å². The lowest BCUT2D eigenvalue weighted by atomic mass is 10.2. The standard InChI is InChI=1S/C12H14ClN3S/c1-3-11-14-15-12(16(11)2)17-8-9-4-6-10(13)7-5-9/h4-7H,3,8H2,1-2H3. The Labute approximate surface area is 110 Å². The molecule has 0 saturated heterocycles. The zero-order chi connectivity index (χ0) is 12.3. The van der Waals surface area contributed by atoms with E-state index in [-0.39, 0.29) is 0 Å². The molecule has 0 radical (unpaired) electrons. The molecular formula is C12H14ClN3S. The quantitative estimate of drug-likeness (QED) is 0.796. The molecule has 0 bridgehead atoms. The normalized spacial score (nSPS) is 10.8. The van der Waals surface area contributed by atoms with Gasteiger partial charge in [-0.15, -0.1) is 10.2 Å². The lowest BCUT2D eigenvalue weighted by Crippen LogP contribution is -1.97. The van der Waals surface area contributed by atoms with Crippen molar-refractivity contribution < 1.29 is 0 Å². The van der Waals surface area contributed by atoms with Crippen molar-refractivity contribution in [1.82, 2.24) is 14.8 Å². The van der Waals surface area contributed by atoms with Crippen LogP contribution in [0.2, 0.25) is 5.02 Å². The highest BCUT2D eigenvalue weighted by Gasteiger charge is 2.07. The minimum atomic E-state index is 0.769. The summed E-state index contributed by atoms with van der Waals surface area (Å²) in [7, 11) is 2.00. The van der Waals surface area contributed by atoms with Crippen molar-refractivity contribution in [2.75, 3.05) is 0 Å². The van der Waals surface area contributed by atoms with E-state index in [0.29, 0.717) is 0 Å². The van der Waals surface area contributed by atoms with E-state index >= 15 is 0 Å². The van der Waals surface area contributed by atoms with Crippen molar-refractivity contribution in [2.45, 2.75) is 24.3 Å². The van der Waals surface area contributed by atoms with Crippen LogP contribution in [0.4, 0.5) is 0 Å². The fourth-order valence-electron chi connectivity index (χ4n) is 1.51. The molecule has 0 aliphatic rings. The van der Waals surface area contributed by atoms with Crippen LogP contribution in [0.5, 0.6) is 0 Å². The zero-order valence-corrected chi connectivity index (χ0v) is 11.4. The molecule has 0 atom stereocenters. The van der Waals surface area contributed by atoms with Crippen LogP contribution in [0.1, 0.15) is 18.3 Å². The molecule has 0 unspecified atom stereocenters. The summed E-state index contributed by atoms with van der Waals surface area (Å²) in [6, 6.07) is 7.88. The Morgan fingerprint density at radius 2 is 1.94 bits per heavy atom. The topological polar surface area (TPSA) is 30.7 Å². The van der Waals surface area contributed by atoms with Crippen LogP contribution in [-0.2, 0) is 19.2 Å². The van der Waals surface area contributed by atoms with E-state index in [1.54, 1.807) is 11.8 Å². The summed E-state index contributed by atoms with van der Waals surface area (Å²) >= 11 is 7.53. The molecule has 17 heavy (non-hydrogen) atoms. The molecule has 1 heterocycles. The maximum Gasteiger partial charge on any atom is 0.191 e. The van der Waals surface area contributed by atoms with E-state index in [0.717, 1.165) is 28.2 Å². The highest BCUT2D eigenvalue weighted by atomic mass is 35.5. The third kappa shape index (κ3) is 3.01. The summed E-state index contributed by atoms with van der Waals surface area (Å²) in [6.45, 7) is 2.08. The van der Waals surface area contributed by atoms with Gasteiger partial charge < -0.3 is 4.57 Å². The number of aryl methyl sites for hydroxylation is 1. The first-order valence-corrected chi connectivity index (χ1v) is 6.82. The van der Waals surface area contributed by atoms with E-state index in [1.807, 2.05) is 35.9 Å². The van der Waals surface area contributed by atoms with Crippen molar-refractivity contribution >= 4 is 23.4 Å². The zero-order valence-electron chi connectivity index (χ0n) is 9.85. The van der Waals surface area contributed by atoms with Crippen LogP contribution < -0.4 is 0 Å². The number of thioether (sulfide) groups is 1. The Morgan fingerprint density at radius 1 is 1.24 bits per heavy atom. The molecule has 0 spiro atoms. The summed E-state index contributed by atoms with van der Waals surface area (Å²) in [5.41, 5.74) is 1.24. The van der Waals surface area contributed by atoms with Gasteiger partial charge in [-0.05, 0) is 17.7 Å². The Kier molecular flexibility index (Phi) is 4.07. The molecule has 2 rings (SSSR count). The predicted molar refractivity (Wildman–Crippen MR) is 71.4 cm³/mol. The largest absolute Gasteiger partial charge is 0.309 e. The van der Waals surface area contributed by atoms with Crippen LogP contribution >= 0.6 is 23.4 Å². The summed E-state index contributed by atoms with van der Waals surface area (Å²) in [5.74, 6) is 1.90. The van der Waals surface area contributed by atoms with Crippen LogP contribution in [0.3, 0.4) is 0 Å². The molecule has 0 fully saturated rings. The highest BCUT2D eigenvalue weighted by Crippen LogP contribution is 2.22. The van der Waals surface area contributed by atoms with Crippen LogP contribution in [0.25, 0.3) is 0 Å². The van der Waals surface area contributed by atoms with E-state index in [1.165, 1.54) is 5.56 Å². The van der Waals surface area contributed by atoms with Gasteiger partial charge in [0.25, 0.3) is 0 Å². The monoisotopic (exact) mass is 267 g/mol. The van der Waals surface area contributed by atoms with Gasteiger partial charge in [0.05, 0.1) is 0 Å². The van der Waals surface area contributed by atoms with Gasteiger partial charge in [-0.3, -0.25) is 0 Å². The minimum Gasteiger partial charge on any atom is -0.309 e. The molecule has 0 saturated carbocycles. The minimum absolute atomic E-state index is 0.769. The van der Waals surface area contributed by atoms with Crippen molar-refractivity contribution in [3.05, 3.63) is 40.7 Å². The van der Waals surface area contributed by atoms with E-state index in [4.69, 9.17) is 11.6 Å². The third-order valence-electron chi connectivity index (χ3n) is 2.52. The highest BCUT2D eigenvalue weighted by molar-refractivity contribution is 7.98. The number of hydrogen-bond acceptors (Lipinski definition) is 3. The van der Waals surface area contributed by atoms with Gasteiger partial charge in [0.15, 0.2) is 5.16 Å². The molecular weight excluding hydrogens is 254 g/mol. The maximum atomic E-state index is 5.84. The van der Waals surface area contributed by atoms with Crippen molar-refractivity contribution in [3.8, 4) is 0 Å². The Balaban J connectivity index is 2.02. The number of halogens is 1. The fourth-order valence-corrected chi connectivity index (χ4v) is 2.52. The van der Waals surface area contributed by atoms with Crippen molar-refractivity contribution in [3.63, 3.8) is 0 Å². The number of hydrogen-bond donors (Lipinski definition) is 0. The van der Waals surface area contributed by atoms with Gasteiger partial charge in [0.2, 0.25) is 0 Å². The molecule has 2 aromatic rings. The third-order valence-corrected chi connectivity index (χ3v) is 3.87. The lowest BCUT2D eigenvalue weighted by molar-refractivity contribution is 0.741. The van der Waals surface area contributed by atoms with E-state index in [2.05, 4.69) is 17.1 Å². The summed E-state index contributed by atoms with van der Waals surface area (Å²) in [4.78, 5) is 0. The van der Waals surface area contributed by atoms with Gasteiger partial charge in [0, 0.05) is 24.2 Å². The van der Waals surface area contributed by atoms with Gasteiger partial charge in [-0.2, -0.15) is 0 Å². The molecule has 1 aromatic carbocycles. The first-order chi connectivity index (χ1) is 8.20. The first kappa shape index (κ1) is 12.5. The SMILES string of the molecule is CCc1nnc(SCc2ccc(Cl)cc2)n1C. The molecule has 90 valence electrons. The molecule has 0 aliphatic carbocycles. The number of benzene rings is 1. The van der Waals surface area contributed by atoms with E-state index < -0.39 is 0 Å². The van der Waals surface area contributed by atoms with Crippen molar-refractivity contribution in [1.29, 1.82) is 0 Å². The molecule has 0 amide bonds. The summed E-state index contributed by atoms with van der Waals surface area (Å²) < 4.78 is 2.04. The second-order valence-corrected chi connectivity index (χ2v) is 5.11. The number of aromatic nitrogens is 3. The van der Waals surface area contributed by atoms with Crippen molar-refractivity contribution in [2.24, 2.45) is 7.05 Å². The summed E-state index contributed by atoms with van der Waals surface area (Å²) in [6.07, 6.45) is 0.908. The van der Waals surface area contributed by atoms with Crippen LogP contribution in [-0.4, -0.2) is 14.8 Å². The maximum absolute atomic E-state index is 5.84. The van der Waals surface area contributed by atoms with Gasteiger partial charge >= 0.3 is 0 Å². The van der Waals surface area contributed by atoms with Gasteiger partial charge in [-0.25, -0.2) is 0 Å². The second-order valence-electron chi connectivity index (χ2n) is 3.73. The number of nitrogens with zero attached hydrogens (tertiary/aromatic N) is 3. The average Bonchev–Trinajstić information content (AvgIpc) is 2.69. The molecule has 1 aromatic heterocycles. The predicted octanol–water partition coefficient (Wildman–Crippen LogP) is 3.32. The molecule has 5 heteroatoms. The van der Waals surface area contributed by atoms with Crippen LogP contribution in [0.15, 0.2) is 29.4 Å². The van der Waals surface area contributed by atoms with E-state index in [9.17, 15) is 0 Å². The smallest absolute Gasteiger partial charge is 0.191 e. The van der Waals surface area contributed by atoms with Crippen LogP contribution in [0, 0.1) is 0 Å². The number of rotatable bonds is 4. The first-order valence-electron chi connectivity index (χ1n) is 5.46. The Morgan fingerprint density at radius 3 is 2.53 bits per heavy atom.